The summed E-state index contributed by atoms with van der Waals surface area (Å²) in [6, 6.07) is 0. The van der Waals surface area contributed by atoms with Crippen LogP contribution in [0.3, 0.4) is 0 Å². The van der Waals surface area contributed by atoms with E-state index in [1.165, 1.54) is 12.5 Å². The van der Waals surface area contributed by atoms with Crippen LogP contribution in [0.4, 0.5) is 4.39 Å². The molecular weight excluding hydrogens is 211 g/mol. The maximum absolute atomic E-state index is 13.9. The Morgan fingerprint density at radius 3 is 2.56 bits per heavy atom. The maximum Gasteiger partial charge on any atom is 0.302 e. The molecular formula is C12H19FO3. The van der Waals surface area contributed by atoms with Crippen molar-refractivity contribution >= 4 is 5.97 Å². The third-order valence-corrected chi connectivity index (χ3v) is 2.77. The first kappa shape index (κ1) is 13.2. The van der Waals surface area contributed by atoms with E-state index < -0.39 is 17.4 Å². The average molecular weight is 230 g/mol. The summed E-state index contributed by atoms with van der Waals surface area (Å²) in [6.07, 6.45) is 3.40. The minimum absolute atomic E-state index is 0.312. The van der Waals surface area contributed by atoms with Gasteiger partial charge >= 0.3 is 5.97 Å². The number of alkyl halides is 1. The molecule has 0 radical (unpaired) electrons. The van der Waals surface area contributed by atoms with Crippen LogP contribution in [0.5, 0.6) is 0 Å². The van der Waals surface area contributed by atoms with Gasteiger partial charge in [0, 0.05) is 6.92 Å². The van der Waals surface area contributed by atoms with E-state index in [1.807, 2.05) is 19.9 Å². The monoisotopic (exact) mass is 230 g/mol. The zero-order valence-electron chi connectivity index (χ0n) is 10.3. The Hall–Kier alpha value is -0.900. The molecule has 16 heavy (non-hydrogen) atoms. The highest BCUT2D eigenvalue weighted by Gasteiger charge is 2.68. The van der Waals surface area contributed by atoms with Crippen molar-refractivity contribution in [1.29, 1.82) is 0 Å². The zero-order valence-corrected chi connectivity index (χ0v) is 10.3. The lowest BCUT2D eigenvalue weighted by Crippen LogP contribution is -2.25. The van der Waals surface area contributed by atoms with E-state index in [2.05, 4.69) is 4.74 Å². The summed E-state index contributed by atoms with van der Waals surface area (Å²) in [6.45, 7) is 6.64. The fourth-order valence-electron chi connectivity index (χ4n) is 1.58. The lowest BCUT2D eigenvalue weighted by molar-refractivity contribution is -0.145. The van der Waals surface area contributed by atoms with Gasteiger partial charge in [-0.05, 0) is 33.6 Å². The molecule has 0 aromatic carbocycles. The number of hydrogen-bond acceptors (Lipinski definition) is 3. The average Bonchev–Trinajstić information content (AvgIpc) is 2.66. The number of esters is 1. The van der Waals surface area contributed by atoms with Crippen LogP contribution in [0.2, 0.25) is 0 Å². The number of ether oxygens (including phenoxy) is 2. The van der Waals surface area contributed by atoms with Crippen LogP contribution in [0, 0.1) is 0 Å². The number of rotatable bonds is 5. The third-order valence-electron chi connectivity index (χ3n) is 2.77. The van der Waals surface area contributed by atoms with E-state index in [9.17, 15) is 9.18 Å². The lowest BCUT2D eigenvalue weighted by atomic mass is 9.99. The molecule has 0 saturated carbocycles. The van der Waals surface area contributed by atoms with Crippen molar-refractivity contribution in [2.45, 2.75) is 52.0 Å². The fraction of sp³-hybridized carbons (Fsp3) is 0.750. The molecule has 1 heterocycles. The number of hydrogen-bond donors (Lipinski definition) is 0. The van der Waals surface area contributed by atoms with E-state index in [0.717, 1.165) is 6.42 Å². The first-order chi connectivity index (χ1) is 7.29. The normalized spacial score (nSPS) is 32.1. The molecule has 4 heteroatoms. The van der Waals surface area contributed by atoms with Gasteiger partial charge in [0.15, 0.2) is 6.61 Å². The standard InChI is InChI=1S/C12H19FO3/c1-9(2)6-5-7-11(4)12(13,16-11)8-15-10(3)14/h6H,5,7-8H2,1-4H3/t11-,12+/m1/s1. The van der Waals surface area contributed by atoms with Gasteiger partial charge in [0.2, 0.25) is 0 Å². The molecule has 2 atom stereocenters. The quantitative estimate of drug-likeness (QED) is 0.414. The summed E-state index contributed by atoms with van der Waals surface area (Å²) in [5.41, 5.74) is 0.391. The molecule has 0 aromatic rings. The minimum Gasteiger partial charge on any atom is -0.460 e. The van der Waals surface area contributed by atoms with Gasteiger partial charge in [-0.1, -0.05) is 11.6 Å². The molecule has 0 bridgehead atoms. The van der Waals surface area contributed by atoms with E-state index in [-0.39, 0.29) is 6.61 Å². The molecule has 0 aliphatic carbocycles. The van der Waals surface area contributed by atoms with Gasteiger partial charge in [-0.2, -0.15) is 0 Å². The topological polar surface area (TPSA) is 38.8 Å². The lowest BCUT2D eigenvalue weighted by Gasteiger charge is -2.08. The van der Waals surface area contributed by atoms with Crippen molar-refractivity contribution in [2.24, 2.45) is 0 Å². The van der Waals surface area contributed by atoms with Gasteiger partial charge in [0.1, 0.15) is 5.60 Å². The van der Waals surface area contributed by atoms with Crippen LogP contribution in [0.15, 0.2) is 11.6 Å². The van der Waals surface area contributed by atoms with Crippen molar-refractivity contribution < 1.29 is 18.7 Å². The second kappa shape index (κ2) is 4.53. The predicted octanol–water partition coefficient (Wildman–Crippen LogP) is 2.75. The van der Waals surface area contributed by atoms with Gasteiger partial charge in [-0.25, -0.2) is 4.39 Å². The van der Waals surface area contributed by atoms with E-state index in [0.29, 0.717) is 6.42 Å². The predicted molar refractivity (Wildman–Crippen MR) is 58.6 cm³/mol. The first-order valence-electron chi connectivity index (χ1n) is 5.45. The summed E-state index contributed by atoms with van der Waals surface area (Å²) in [4.78, 5) is 10.6. The molecule has 0 unspecified atom stereocenters. The molecule has 0 aromatic heterocycles. The van der Waals surface area contributed by atoms with Crippen molar-refractivity contribution in [1.82, 2.24) is 0 Å². The Morgan fingerprint density at radius 2 is 2.06 bits per heavy atom. The first-order valence-corrected chi connectivity index (χ1v) is 5.45. The van der Waals surface area contributed by atoms with Crippen LogP contribution < -0.4 is 0 Å². The molecule has 0 amide bonds. The molecule has 1 saturated heterocycles. The van der Waals surface area contributed by atoms with Gasteiger partial charge < -0.3 is 9.47 Å². The molecule has 3 nitrogen and oxygen atoms in total. The highest BCUT2D eigenvalue weighted by Crippen LogP contribution is 2.52. The van der Waals surface area contributed by atoms with Gasteiger partial charge in [-0.15, -0.1) is 0 Å². The van der Waals surface area contributed by atoms with Crippen LogP contribution in [-0.4, -0.2) is 24.0 Å². The number of carbonyl (C=O) groups excluding carboxylic acids is 1. The molecule has 0 spiro atoms. The van der Waals surface area contributed by atoms with Crippen LogP contribution in [0.1, 0.15) is 40.5 Å². The molecule has 92 valence electrons. The van der Waals surface area contributed by atoms with Crippen molar-refractivity contribution in [3.8, 4) is 0 Å². The minimum atomic E-state index is -1.80. The Labute approximate surface area is 95.6 Å². The van der Waals surface area contributed by atoms with Gasteiger partial charge in [0.05, 0.1) is 0 Å². The SMILES string of the molecule is CC(=O)OC[C@]1(F)O[C@]1(C)CCC=C(C)C. The number of carbonyl (C=O) groups is 1. The van der Waals surface area contributed by atoms with E-state index in [1.54, 1.807) is 6.92 Å². The Bertz CT molecular complexity index is 309. The highest BCUT2D eigenvalue weighted by molar-refractivity contribution is 5.66. The summed E-state index contributed by atoms with van der Waals surface area (Å²) >= 11 is 0. The van der Waals surface area contributed by atoms with Crippen LogP contribution in [0.25, 0.3) is 0 Å². The van der Waals surface area contributed by atoms with Gasteiger partial charge in [0.25, 0.3) is 5.85 Å². The third kappa shape index (κ3) is 3.04. The summed E-state index contributed by atoms with van der Waals surface area (Å²) in [7, 11) is 0. The maximum atomic E-state index is 13.9. The molecule has 1 aliphatic rings. The largest absolute Gasteiger partial charge is 0.460 e. The Morgan fingerprint density at radius 1 is 1.44 bits per heavy atom. The summed E-state index contributed by atoms with van der Waals surface area (Å²) < 4.78 is 23.6. The Balaban J connectivity index is 2.38. The number of halogens is 1. The second-order valence-electron chi connectivity index (χ2n) is 4.66. The van der Waals surface area contributed by atoms with Crippen LogP contribution in [-0.2, 0) is 14.3 Å². The fourth-order valence-corrected chi connectivity index (χ4v) is 1.58. The summed E-state index contributed by atoms with van der Waals surface area (Å²) in [5.74, 6) is -2.28. The number of allylic oxidation sites excluding steroid dienone is 2. The molecule has 1 rings (SSSR count). The smallest absolute Gasteiger partial charge is 0.302 e. The Kier molecular flexibility index (Phi) is 3.73. The van der Waals surface area contributed by atoms with Crippen molar-refractivity contribution in [3.05, 3.63) is 11.6 Å². The van der Waals surface area contributed by atoms with Gasteiger partial charge in [-0.3, -0.25) is 4.79 Å². The van der Waals surface area contributed by atoms with E-state index in [4.69, 9.17) is 4.74 Å². The highest BCUT2D eigenvalue weighted by atomic mass is 19.2. The zero-order chi connectivity index (χ0) is 12.4. The second-order valence-corrected chi connectivity index (χ2v) is 4.66. The molecule has 1 aliphatic heterocycles. The molecule has 0 N–H and O–H groups in total. The summed E-state index contributed by atoms with van der Waals surface area (Å²) in [5, 5.41) is 0. The number of epoxide rings is 1. The van der Waals surface area contributed by atoms with E-state index >= 15 is 0 Å². The molecule has 1 fully saturated rings. The van der Waals surface area contributed by atoms with Crippen molar-refractivity contribution in [3.63, 3.8) is 0 Å². The van der Waals surface area contributed by atoms with Crippen molar-refractivity contribution in [2.75, 3.05) is 6.61 Å². The van der Waals surface area contributed by atoms with Crippen LogP contribution >= 0.6 is 0 Å².